The van der Waals surface area contributed by atoms with Crippen molar-refractivity contribution in [2.75, 3.05) is 11.0 Å². The fourth-order valence-corrected chi connectivity index (χ4v) is 3.49. The summed E-state index contributed by atoms with van der Waals surface area (Å²) in [4.78, 5) is 12.8. The molecule has 0 saturated heterocycles. The number of sulfonamides is 1. The van der Waals surface area contributed by atoms with E-state index in [1.807, 2.05) is 26.8 Å². The maximum atomic E-state index is 12.8. The second-order valence-electron chi connectivity index (χ2n) is 8.03. The topological polar surface area (TPSA) is 93.1 Å². The smallest absolute Gasteiger partial charge is 0.269 e. The first-order valence-corrected chi connectivity index (χ1v) is 10.9. The lowest BCUT2D eigenvalue weighted by atomic mass is 10.1. The van der Waals surface area contributed by atoms with Gasteiger partial charge in [-0.25, -0.2) is 8.42 Å². The first kappa shape index (κ1) is 19.4. The first-order valence-electron chi connectivity index (χ1n) is 8.99. The van der Waals surface area contributed by atoms with Crippen molar-refractivity contribution in [2.45, 2.75) is 51.6 Å². The van der Waals surface area contributed by atoms with E-state index in [0.717, 1.165) is 24.8 Å². The predicted molar refractivity (Wildman–Crippen MR) is 105 cm³/mol. The van der Waals surface area contributed by atoms with Crippen molar-refractivity contribution in [3.05, 3.63) is 47.3 Å². The Labute approximate surface area is 160 Å². The molecular weight excluding hydrogens is 364 g/mol. The van der Waals surface area contributed by atoms with Crippen LogP contribution in [0.1, 0.15) is 61.3 Å². The summed E-state index contributed by atoms with van der Waals surface area (Å²) in [6.07, 6.45) is 3.34. The number of carbonyl (C=O) groups is 1. The van der Waals surface area contributed by atoms with Crippen molar-refractivity contribution in [3.63, 3.8) is 0 Å². The monoisotopic (exact) mass is 390 g/mol. The van der Waals surface area contributed by atoms with Gasteiger partial charge in [0, 0.05) is 12.5 Å². The average Bonchev–Trinajstić information content (AvgIpc) is 3.29. The summed E-state index contributed by atoms with van der Waals surface area (Å²) in [5, 5.41) is 7.54. The highest BCUT2D eigenvalue weighted by Gasteiger charge is 2.31. The second kappa shape index (κ2) is 6.99. The number of hydrogen-bond donors (Lipinski definition) is 2. The second-order valence-corrected chi connectivity index (χ2v) is 9.77. The maximum absolute atomic E-state index is 12.8. The quantitative estimate of drug-likeness (QED) is 0.793. The zero-order valence-corrected chi connectivity index (χ0v) is 16.9. The predicted octanol–water partition coefficient (Wildman–Crippen LogP) is 2.82. The number of benzene rings is 1. The zero-order valence-electron chi connectivity index (χ0n) is 16.1. The molecule has 1 aromatic carbocycles. The minimum absolute atomic E-state index is 0.214. The average molecular weight is 391 g/mol. The number of amides is 1. The molecule has 0 unspecified atom stereocenters. The summed E-state index contributed by atoms with van der Waals surface area (Å²) < 4.78 is 27.3. The van der Waals surface area contributed by atoms with Gasteiger partial charge in [-0.1, -0.05) is 18.2 Å². The van der Waals surface area contributed by atoms with Crippen molar-refractivity contribution in [3.8, 4) is 0 Å². The Morgan fingerprint density at radius 3 is 2.52 bits per heavy atom. The lowest BCUT2D eigenvalue weighted by molar-refractivity contribution is 0.0932. The van der Waals surface area contributed by atoms with E-state index in [1.54, 1.807) is 28.9 Å². The number of anilines is 1. The Balaban J connectivity index is 1.79. The van der Waals surface area contributed by atoms with E-state index < -0.39 is 10.0 Å². The van der Waals surface area contributed by atoms with Gasteiger partial charge in [-0.3, -0.25) is 14.2 Å². The van der Waals surface area contributed by atoms with E-state index in [9.17, 15) is 13.2 Å². The molecule has 0 aliphatic heterocycles. The van der Waals surface area contributed by atoms with Gasteiger partial charge in [0.2, 0.25) is 10.0 Å². The summed E-state index contributed by atoms with van der Waals surface area (Å²) in [7, 11) is -3.39. The van der Waals surface area contributed by atoms with Crippen LogP contribution in [0.4, 0.5) is 5.69 Å². The summed E-state index contributed by atoms with van der Waals surface area (Å²) in [6.45, 7) is 6.25. The first-order chi connectivity index (χ1) is 12.5. The van der Waals surface area contributed by atoms with Crippen molar-refractivity contribution in [1.29, 1.82) is 0 Å². The minimum atomic E-state index is -3.39. The molecule has 8 heteroatoms. The molecule has 27 heavy (non-hydrogen) atoms. The lowest BCUT2D eigenvalue weighted by Crippen LogP contribution is -2.32. The highest BCUT2D eigenvalue weighted by atomic mass is 32.2. The number of aromatic nitrogens is 2. The van der Waals surface area contributed by atoms with Gasteiger partial charge in [0.15, 0.2) is 0 Å². The molecule has 1 amide bonds. The minimum Gasteiger partial charge on any atom is -0.347 e. The van der Waals surface area contributed by atoms with Crippen molar-refractivity contribution in [1.82, 2.24) is 15.1 Å². The highest BCUT2D eigenvalue weighted by Crippen LogP contribution is 2.40. The van der Waals surface area contributed by atoms with Crippen LogP contribution in [0.2, 0.25) is 0 Å². The molecule has 1 saturated carbocycles. The summed E-state index contributed by atoms with van der Waals surface area (Å²) >= 11 is 0. The van der Waals surface area contributed by atoms with Crippen LogP contribution in [-0.2, 0) is 22.1 Å². The molecule has 1 aliphatic rings. The molecule has 0 radical (unpaired) electrons. The summed E-state index contributed by atoms with van der Waals surface area (Å²) in [6, 6.07) is 8.88. The van der Waals surface area contributed by atoms with Crippen molar-refractivity contribution in [2.24, 2.45) is 0 Å². The Bertz CT molecular complexity index is 954. The number of hydrogen-bond acceptors (Lipinski definition) is 4. The van der Waals surface area contributed by atoms with Crippen LogP contribution in [0.3, 0.4) is 0 Å². The molecule has 1 heterocycles. The van der Waals surface area contributed by atoms with Crippen molar-refractivity contribution < 1.29 is 13.2 Å². The molecule has 1 fully saturated rings. The van der Waals surface area contributed by atoms with Gasteiger partial charge in [0.1, 0.15) is 5.69 Å². The van der Waals surface area contributed by atoms with Crippen LogP contribution in [0.25, 0.3) is 0 Å². The number of rotatable bonds is 6. The number of para-hydroxylation sites is 1. The maximum Gasteiger partial charge on any atom is 0.269 e. The normalized spacial score (nSPS) is 14.8. The molecule has 0 atom stereocenters. The largest absolute Gasteiger partial charge is 0.347 e. The van der Waals surface area contributed by atoms with E-state index in [1.165, 1.54) is 0 Å². The summed E-state index contributed by atoms with van der Waals surface area (Å²) in [5.74, 6) is 0.235. The molecule has 7 nitrogen and oxygen atoms in total. The number of carbonyl (C=O) groups excluding carboxylic acids is 1. The van der Waals surface area contributed by atoms with Crippen molar-refractivity contribution >= 4 is 21.6 Å². The summed E-state index contributed by atoms with van der Waals surface area (Å²) in [5.41, 5.74) is 2.34. The van der Waals surface area contributed by atoms with Gasteiger partial charge < -0.3 is 5.32 Å². The van der Waals surface area contributed by atoms with Gasteiger partial charge in [-0.05, 0) is 51.3 Å². The fraction of sp³-hybridized carbons (Fsp3) is 0.474. The van der Waals surface area contributed by atoms with Crippen LogP contribution in [0, 0.1) is 0 Å². The standard InChI is InChI=1S/C19H26N4O3S/c1-19(2,3)23-17(11-16(21-23)13-9-10-13)18(24)20-12-14-7-5-6-8-15(14)22-27(4,25)26/h5-8,11,13,22H,9-10,12H2,1-4H3,(H,20,24). The van der Waals surface area contributed by atoms with Crippen LogP contribution in [0.15, 0.2) is 30.3 Å². The molecule has 2 aromatic rings. The van der Waals surface area contributed by atoms with Crippen LogP contribution >= 0.6 is 0 Å². The molecule has 0 spiro atoms. The van der Waals surface area contributed by atoms with E-state index >= 15 is 0 Å². The highest BCUT2D eigenvalue weighted by molar-refractivity contribution is 7.92. The number of nitrogens with zero attached hydrogens (tertiary/aromatic N) is 2. The van der Waals surface area contributed by atoms with E-state index in [-0.39, 0.29) is 18.0 Å². The SMILES string of the molecule is CC(C)(C)n1nc(C2CC2)cc1C(=O)NCc1ccccc1NS(C)(=O)=O. The van der Waals surface area contributed by atoms with E-state index in [0.29, 0.717) is 22.9 Å². The van der Waals surface area contributed by atoms with Gasteiger partial charge in [-0.2, -0.15) is 5.10 Å². The lowest BCUT2D eigenvalue weighted by Gasteiger charge is -2.22. The third-order valence-corrected chi connectivity index (χ3v) is 4.93. The molecule has 0 bridgehead atoms. The Kier molecular flexibility index (Phi) is 5.03. The van der Waals surface area contributed by atoms with Gasteiger partial charge >= 0.3 is 0 Å². The molecule has 1 aromatic heterocycles. The molecule has 3 rings (SSSR count). The Hall–Kier alpha value is -2.35. The zero-order chi connectivity index (χ0) is 19.8. The Morgan fingerprint density at radius 1 is 1.26 bits per heavy atom. The van der Waals surface area contributed by atoms with Gasteiger partial charge in [-0.15, -0.1) is 0 Å². The fourth-order valence-electron chi connectivity index (χ4n) is 2.89. The third kappa shape index (κ3) is 4.88. The van der Waals surface area contributed by atoms with Gasteiger partial charge in [0.25, 0.3) is 5.91 Å². The molecule has 2 N–H and O–H groups in total. The molecule has 1 aliphatic carbocycles. The molecular formula is C19H26N4O3S. The molecule has 146 valence electrons. The van der Waals surface area contributed by atoms with Crippen LogP contribution in [-0.4, -0.2) is 30.4 Å². The van der Waals surface area contributed by atoms with Gasteiger partial charge in [0.05, 0.1) is 23.2 Å². The van der Waals surface area contributed by atoms with E-state index in [2.05, 4.69) is 15.1 Å². The van der Waals surface area contributed by atoms with Crippen LogP contribution in [0.5, 0.6) is 0 Å². The third-order valence-electron chi connectivity index (χ3n) is 4.34. The van der Waals surface area contributed by atoms with E-state index in [4.69, 9.17) is 0 Å². The number of nitrogens with one attached hydrogen (secondary N) is 2. The van der Waals surface area contributed by atoms with Crippen LogP contribution < -0.4 is 10.0 Å². The Morgan fingerprint density at radius 2 is 1.93 bits per heavy atom.